The fourth-order valence-corrected chi connectivity index (χ4v) is 3.72. The maximum Gasteiger partial charge on any atom is 0.294 e. The minimum Gasteiger partial charge on any atom is -0.288 e. The molecule has 0 radical (unpaired) electrons. The van der Waals surface area contributed by atoms with E-state index in [2.05, 4.69) is 26.3 Å². The molecule has 1 aromatic heterocycles. The number of rotatable bonds is 3. The van der Waals surface area contributed by atoms with Crippen molar-refractivity contribution in [3.63, 3.8) is 0 Å². The van der Waals surface area contributed by atoms with E-state index in [9.17, 15) is 4.79 Å². The lowest BCUT2D eigenvalue weighted by atomic mass is 9.86. The van der Waals surface area contributed by atoms with Crippen LogP contribution in [0.15, 0.2) is 3.79 Å². The van der Waals surface area contributed by atoms with Gasteiger partial charge in [0.05, 0.1) is 9.48 Å². The van der Waals surface area contributed by atoms with Crippen LogP contribution in [0.1, 0.15) is 47.6 Å². The van der Waals surface area contributed by atoms with Crippen molar-refractivity contribution in [3.8, 4) is 0 Å². The van der Waals surface area contributed by atoms with E-state index in [0.29, 0.717) is 5.01 Å². The summed E-state index contributed by atoms with van der Waals surface area (Å²) >= 11 is 4.83. The second-order valence-corrected chi connectivity index (χ2v) is 6.74. The van der Waals surface area contributed by atoms with Gasteiger partial charge in [0.25, 0.3) is 5.91 Å². The summed E-state index contributed by atoms with van der Waals surface area (Å²) in [5, 5.41) is 0.435. The molecule has 1 aliphatic rings. The van der Waals surface area contributed by atoms with Gasteiger partial charge in [0.1, 0.15) is 0 Å². The Bertz CT molecular complexity index is 401. The Labute approximate surface area is 113 Å². The molecule has 4 nitrogen and oxygen atoms in total. The first-order valence-corrected chi connectivity index (χ1v) is 7.48. The van der Waals surface area contributed by atoms with Gasteiger partial charge in [0.2, 0.25) is 0 Å². The Morgan fingerprint density at radius 1 is 1.47 bits per heavy atom. The summed E-state index contributed by atoms with van der Waals surface area (Å²) in [6.07, 6.45) is 7.53. The van der Waals surface area contributed by atoms with Gasteiger partial charge >= 0.3 is 0 Å². The van der Waals surface area contributed by atoms with Crippen molar-refractivity contribution in [1.82, 2.24) is 10.4 Å². The van der Waals surface area contributed by atoms with Crippen LogP contribution in [0.3, 0.4) is 0 Å². The van der Waals surface area contributed by atoms with Gasteiger partial charge in [-0.3, -0.25) is 10.2 Å². The lowest BCUT2D eigenvalue weighted by molar-refractivity contribution is 0.0953. The van der Waals surface area contributed by atoms with E-state index in [-0.39, 0.29) is 5.91 Å². The summed E-state index contributed by atoms with van der Waals surface area (Å²) in [6.45, 7) is 0. The highest BCUT2D eigenvalue weighted by Crippen LogP contribution is 2.31. The van der Waals surface area contributed by atoms with E-state index in [1.54, 1.807) is 0 Å². The van der Waals surface area contributed by atoms with Crippen LogP contribution in [0.5, 0.6) is 0 Å². The van der Waals surface area contributed by atoms with Gasteiger partial charge in [-0.1, -0.05) is 32.1 Å². The first-order valence-electron chi connectivity index (χ1n) is 5.87. The van der Waals surface area contributed by atoms with Crippen LogP contribution in [0.25, 0.3) is 0 Å². The number of aromatic nitrogens is 1. The van der Waals surface area contributed by atoms with Crippen LogP contribution < -0.4 is 11.3 Å². The zero-order chi connectivity index (χ0) is 12.3. The molecule has 0 saturated heterocycles. The van der Waals surface area contributed by atoms with Crippen molar-refractivity contribution in [2.45, 2.75) is 38.5 Å². The molecule has 1 heterocycles. The number of nitrogens with zero attached hydrogens (tertiary/aromatic N) is 1. The molecule has 6 heteroatoms. The maximum atomic E-state index is 11.4. The molecule has 2 rings (SSSR count). The number of hydrazine groups is 1. The van der Waals surface area contributed by atoms with Crippen molar-refractivity contribution >= 4 is 33.2 Å². The van der Waals surface area contributed by atoms with Gasteiger partial charge < -0.3 is 0 Å². The summed E-state index contributed by atoms with van der Waals surface area (Å²) in [5.41, 5.74) is 3.11. The molecule has 1 saturated carbocycles. The largest absolute Gasteiger partial charge is 0.294 e. The molecule has 0 atom stereocenters. The van der Waals surface area contributed by atoms with Gasteiger partial charge in [-0.05, 0) is 28.3 Å². The number of thiazole rings is 1. The second-order valence-electron chi connectivity index (χ2n) is 4.42. The number of halogens is 1. The minimum atomic E-state index is -0.314. The van der Waals surface area contributed by atoms with Crippen molar-refractivity contribution < 1.29 is 4.79 Å². The fraction of sp³-hybridized carbons (Fsp3) is 0.636. The van der Waals surface area contributed by atoms with Gasteiger partial charge in [-0.2, -0.15) is 0 Å². The van der Waals surface area contributed by atoms with E-state index in [0.717, 1.165) is 21.8 Å². The first-order chi connectivity index (χ1) is 8.20. The standard InChI is InChI=1S/C11H16BrN3OS/c12-9-8(6-7-4-2-1-3-5-7)14-11(17-9)10(16)15-13/h7H,1-6,13H2,(H,15,16). The van der Waals surface area contributed by atoms with E-state index in [1.165, 1.54) is 43.4 Å². The summed E-state index contributed by atoms with van der Waals surface area (Å²) in [6, 6.07) is 0. The quantitative estimate of drug-likeness (QED) is 0.511. The predicted octanol–water partition coefficient (Wildman–Crippen LogP) is 2.63. The number of hydrogen-bond donors (Lipinski definition) is 2. The minimum absolute atomic E-state index is 0.314. The lowest BCUT2D eigenvalue weighted by Gasteiger charge is -2.20. The molecule has 1 aliphatic carbocycles. The molecule has 0 spiro atoms. The number of carbonyl (C=O) groups excluding carboxylic acids is 1. The summed E-state index contributed by atoms with van der Waals surface area (Å²) in [7, 11) is 0. The average Bonchev–Trinajstić information content (AvgIpc) is 2.71. The Kier molecular flexibility index (Phi) is 4.53. The van der Waals surface area contributed by atoms with Crippen molar-refractivity contribution in [2.24, 2.45) is 11.8 Å². The first kappa shape index (κ1) is 13.0. The molecular weight excluding hydrogens is 302 g/mol. The summed E-state index contributed by atoms with van der Waals surface area (Å²) in [4.78, 5) is 15.7. The maximum absolute atomic E-state index is 11.4. The molecule has 1 aromatic rings. The molecule has 1 amide bonds. The normalized spacial score (nSPS) is 17.1. The smallest absolute Gasteiger partial charge is 0.288 e. The highest BCUT2D eigenvalue weighted by molar-refractivity contribution is 9.11. The zero-order valence-corrected chi connectivity index (χ0v) is 11.9. The van der Waals surface area contributed by atoms with Crippen LogP contribution >= 0.6 is 27.3 Å². The Balaban J connectivity index is 2.04. The Morgan fingerprint density at radius 2 is 2.18 bits per heavy atom. The number of carbonyl (C=O) groups is 1. The van der Waals surface area contributed by atoms with Gasteiger partial charge in [-0.15, -0.1) is 11.3 Å². The zero-order valence-electron chi connectivity index (χ0n) is 9.54. The number of hydrogen-bond acceptors (Lipinski definition) is 4. The lowest BCUT2D eigenvalue weighted by Crippen LogP contribution is -2.29. The van der Waals surface area contributed by atoms with E-state index >= 15 is 0 Å². The number of amides is 1. The summed E-state index contributed by atoms with van der Waals surface area (Å²) < 4.78 is 0.960. The third-order valence-electron chi connectivity index (χ3n) is 3.18. The molecule has 3 N–H and O–H groups in total. The third-order valence-corrected chi connectivity index (χ3v) is 5.01. The number of nitrogen functional groups attached to an aromatic ring is 1. The van der Waals surface area contributed by atoms with Gasteiger partial charge in [-0.25, -0.2) is 10.8 Å². The monoisotopic (exact) mass is 317 g/mol. The highest BCUT2D eigenvalue weighted by atomic mass is 79.9. The Morgan fingerprint density at radius 3 is 2.82 bits per heavy atom. The highest BCUT2D eigenvalue weighted by Gasteiger charge is 2.19. The van der Waals surface area contributed by atoms with Crippen LogP contribution in [0.2, 0.25) is 0 Å². The fourth-order valence-electron chi connectivity index (χ4n) is 2.28. The molecule has 1 fully saturated rings. The van der Waals surface area contributed by atoms with Crippen LogP contribution in [0, 0.1) is 5.92 Å². The van der Waals surface area contributed by atoms with E-state index < -0.39 is 0 Å². The van der Waals surface area contributed by atoms with E-state index in [1.807, 2.05) is 0 Å². The molecule has 17 heavy (non-hydrogen) atoms. The molecular formula is C11H16BrN3OS. The topological polar surface area (TPSA) is 68.0 Å². The van der Waals surface area contributed by atoms with E-state index in [4.69, 9.17) is 5.84 Å². The second kappa shape index (κ2) is 5.93. The van der Waals surface area contributed by atoms with Gasteiger partial charge in [0.15, 0.2) is 5.01 Å². The molecule has 0 unspecified atom stereocenters. The van der Waals surface area contributed by atoms with Crippen LogP contribution in [-0.4, -0.2) is 10.9 Å². The van der Waals surface area contributed by atoms with Crippen molar-refractivity contribution in [2.75, 3.05) is 0 Å². The van der Waals surface area contributed by atoms with Crippen molar-refractivity contribution in [3.05, 3.63) is 14.5 Å². The van der Waals surface area contributed by atoms with Crippen molar-refractivity contribution in [1.29, 1.82) is 0 Å². The van der Waals surface area contributed by atoms with Gasteiger partial charge in [0, 0.05) is 0 Å². The third kappa shape index (κ3) is 3.26. The molecule has 0 aromatic carbocycles. The predicted molar refractivity (Wildman–Crippen MR) is 71.7 cm³/mol. The molecule has 0 aliphatic heterocycles. The average molecular weight is 318 g/mol. The molecule has 94 valence electrons. The number of nitrogens with one attached hydrogen (secondary N) is 1. The van der Waals surface area contributed by atoms with Crippen LogP contribution in [-0.2, 0) is 6.42 Å². The van der Waals surface area contributed by atoms with Crippen LogP contribution in [0.4, 0.5) is 0 Å². The number of nitrogens with two attached hydrogens (primary N) is 1. The summed E-state index contributed by atoms with van der Waals surface area (Å²) in [5.74, 6) is 5.50. The SMILES string of the molecule is NNC(=O)c1nc(CC2CCCCC2)c(Br)s1. The molecule has 0 bridgehead atoms. The Hall–Kier alpha value is -0.460.